The Balaban J connectivity index is 1.73. The second-order valence-corrected chi connectivity index (χ2v) is 9.14. The molecule has 0 saturated heterocycles. The molecule has 0 N–H and O–H groups in total. The summed E-state index contributed by atoms with van der Waals surface area (Å²) in [6, 6.07) is 21.8. The van der Waals surface area contributed by atoms with Gasteiger partial charge in [0.15, 0.2) is 17.3 Å². The average Bonchev–Trinajstić information content (AvgIpc) is 2.96. The van der Waals surface area contributed by atoms with Crippen molar-refractivity contribution in [1.29, 1.82) is 0 Å². The van der Waals surface area contributed by atoms with Gasteiger partial charge in [-0.1, -0.05) is 0 Å². The molecule has 0 atom stereocenters. The Morgan fingerprint density at radius 1 is 0.357 bits per heavy atom. The average molecular weight is 565 g/mol. The van der Waals surface area contributed by atoms with E-state index >= 15 is 0 Å². The van der Waals surface area contributed by atoms with Crippen LogP contribution in [0.5, 0.6) is 17.2 Å². The maximum atomic E-state index is 13.5. The molecule has 0 radical (unpaired) electrons. The summed E-state index contributed by atoms with van der Waals surface area (Å²) in [5.41, 5.74) is 0.966. The Hall–Kier alpha value is -5.70. The molecule has 0 unspecified atom stereocenters. The third-order valence-electron chi connectivity index (χ3n) is 5.85. The summed E-state index contributed by atoms with van der Waals surface area (Å²) < 4.78 is 15.1. The molecule has 0 heterocycles. The van der Waals surface area contributed by atoms with Crippen molar-refractivity contribution < 1.29 is 43.0 Å². The molecule has 0 aliphatic heterocycles. The first-order valence-corrected chi connectivity index (χ1v) is 12.6. The van der Waals surface area contributed by atoms with Gasteiger partial charge in [0.05, 0.1) is 0 Å². The molecule has 9 heteroatoms. The molecule has 9 nitrogen and oxygen atoms in total. The Morgan fingerprint density at radius 2 is 0.571 bits per heavy atom. The van der Waals surface area contributed by atoms with Crippen molar-refractivity contribution in [3.8, 4) is 17.2 Å². The van der Waals surface area contributed by atoms with Crippen LogP contribution in [0.4, 0.5) is 0 Å². The minimum Gasteiger partial charge on any atom is -0.427 e. The summed E-state index contributed by atoms with van der Waals surface area (Å²) in [4.78, 5) is 74.1. The topological polar surface area (TPSA) is 130 Å². The van der Waals surface area contributed by atoms with Gasteiger partial charge in [0.2, 0.25) is 0 Å². The Morgan fingerprint density at radius 3 is 0.762 bits per heavy atom. The predicted octanol–water partition coefficient (Wildman–Crippen LogP) is 5.16. The van der Waals surface area contributed by atoms with Gasteiger partial charge in [-0.25, -0.2) is 0 Å². The summed E-state index contributed by atoms with van der Waals surface area (Å²) in [6.45, 7) is 3.77. The van der Waals surface area contributed by atoms with E-state index in [0.717, 1.165) is 0 Å². The number of benzene rings is 4. The minimum atomic E-state index is -0.509. The van der Waals surface area contributed by atoms with Gasteiger partial charge in [0.25, 0.3) is 0 Å². The molecule has 0 fully saturated rings. The van der Waals surface area contributed by atoms with Crippen molar-refractivity contribution >= 4 is 35.3 Å². The second kappa shape index (κ2) is 12.6. The molecule has 0 bridgehead atoms. The molecule has 0 aromatic heterocycles. The van der Waals surface area contributed by atoms with Crippen molar-refractivity contribution in [2.75, 3.05) is 0 Å². The fourth-order valence-electron chi connectivity index (χ4n) is 4.04. The highest BCUT2D eigenvalue weighted by Gasteiger charge is 2.20. The highest BCUT2D eigenvalue weighted by Crippen LogP contribution is 2.23. The third-order valence-corrected chi connectivity index (χ3v) is 5.85. The van der Waals surface area contributed by atoms with Crippen LogP contribution < -0.4 is 14.2 Å². The maximum Gasteiger partial charge on any atom is 0.308 e. The van der Waals surface area contributed by atoms with Crippen LogP contribution in [0.3, 0.4) is 0 Å². The van der Waals surface area contributed by atoms with E-state index in [0.29, 0.717) is 0 Å². The SMILES string of the molecule is CC(=O)Oc1ccc(C(=O)c2cc(C(=O)c3ccc(OC(C)=O)cc3)cc(C(=O)c3ccc(OC(C)=O)cc3)c2)cc1. The molecule has 0 aliphatic rings. The van der Waals surface area contributed by atoms with Crippen molar-refractivity contribution in [3.05, 3.63) is 124 Å². The first-order chi connectivity index (χ1) is 20.0. The number of rotatable bonds is 9. The van der Waals surface area contributed by atoms with E-state index in [2.05, 4.69) is 0 Å². The number of carbonyl (C=O) groups is 6. The van der Waals surface area contributed by atoms with E-state index in [4.69, 9.17) is 14.2 Å². The zero-order valence-electron chi connectivity index (χ0n) is 22.8. The molecular weight excluding hydrogens is 540 g/mol. The fourth-order valence-corrected chi connectivity index (χ4v) is 4.04. The quantitative estimate of drug-likeness (QED) is 0.154. The molecule has 4 aromatic carbocycles. The van der Waals surface area contributed by atoms with Gasteiger partial charge in [-0.05, 0) is 91.0 Å². The summed E-state index contributed by atoms with van der Waals surface area (Å²) in [5, 5.41) is 0. The predicted molar refractivity (Wildman–Crippen MR) is 150 cm³/mol. The summed E-state index contributed by atoms with van der Waals surface area (Å²) >= 11 is 0. The zero-order valence-corrected chi connectivity index (χ0v) is 22.8. The minimum absolute atomic E-state index is 0.0810. The number of ether oxygens (including phenoxy) is 3. The van der Waals surface area contributed by atoms with Crippen molar-refractivity contribution in [3.63, 3.8) is 0 Å². The molecule has 0 saturated carbocycles. The van der Waals surface area contributed by atoms with Crippen molar-refractivity contribution in [1.82, 2.24) is 0 Å². The van der Waals surface area contributed by atoms with Gasteiger partial charge in [0, 0.05) is 54.2 Å². The van der Waals surface area contributed by atoms with E-state index in [1.807, 2.05) is 0 Å². The van der Waals surface area contributed by atoms with Crippen molar-refractivity contribution in [2.45, 2.75) is 20.8 Å². The number of hydrogen-bond acceptors (Lipinski definition) is 9. The van der Waals surface area contributed by atoms with Gasteiger partial charge in [-0.3, -0.25) is 28.8 Å². The molecule has 0 spiro atoms. The van der Waals surface area contributed by atoms with E-state index in [9.17, 15) is 28.8 Å². The summed E-state index contributed by atoms with van der Waals surface area (Å²) in [7, 11) is 0. The van der Waals surface area contributed by atoms with Gasteiger partial charge in [-0.2, -0.15) is 0 Å². The Kier molecular flexibility index (Phi) is 8.82. The number of carbonyl (C=O) groups excluding carboxylic acids is 6. The van der Waals surface area contributed by atoms with Crippen LogP contribution in [0.2, 0.25) is 0 Å². The zero-order chi connectivity index (χ0) is 30.4. The van der Waals surface area contributed by atoms with E-state index in [-0.39, 0.29) is 50.6 Å². The van der Waals surface area contributed by atoms with Gasteiger partial charge >= 0.3 is 17.9 Å². The monoisotopic (exact) mass is 564 g/mol. The van der Waals surface area contributed by atoms with Crippen LogP contribution >= 0.6 is 0 Å². The van der Waals surface area contributed by atoms with Crippen molar-refractivity contribution in [2.24, 2.45) is 0 Å². The van der Waals surface area contributed by atoms with Crippen LogP contribution in [0.15, 0.2) is 91.0 Å². The fraction of sp³-hybridized carbons (Fsp3) is 0.0909. The van der Waals surface area contributed by atoms with Crippen LogP contribution in [-0.4, -0.2) is 35.3 Å². The number of hydrogen-bond donors (Lipinski definition) is 0. The lowest BCUT2D eigenvalue weighted by Gasteiger charge is -2.10. The van der Waals surface area contributed by atoms with E-state index < -0.39 is 35.3 Å². The molecule has 42 heavy (non-hydrogen) atoms. The van der Waals surface area contributed by atoms with Gasteiger partial charge < -0.3 is 14.2 Å². The lowest BCUT2D eigenvalue weighted by molar-refractivity contribution is -0.132. The molecule has 0 aliphatic carbocycles. The van der Waals surface area contributed by atoms with E-state index in [1.165, 1.54) is 112 Å². The Labute approximate surface area is 240 Å². The third kappa shape index (κ3) is 7.28. The van der Waals surface area contributed by atoms with Gasteiger partial charge in [0.1, 0.15) is 17.2 Å². The van der Waals surface area contributed by atoms with Crippen LogP contribution in [0.25, 0.3) is 0 Å². The molecular formula is C33H24O9. The van der Waals surface area contributed by atoms with Crippen LogP contribution in [-0.2, 0) is 14.4 Å². The summed E-state index contributed by atoms with van der Waals surface area (Å²) in [5.74, 6) is -2.16. The number of esters is 3. The first-order valence-electron chi connectivity index (χ1n) is 12.6. The maximum absolute atomic E-state index is 13.5. The van der Waals surface area contributed by atoms with Crippen LogP contribution in [0, 0.1) is 0 Å². The normalized spacial score (nSPS) is 10.4. The summed E-state index contributed by atoms with van der Waals surface area (Å²) in [6.07, 6.45) is 0. The number of ketones is 3. The Bertz CT molecular complexity index is 1480. The molecule has 0 amide bonds. The van der Waals surface area contributed by atoms with E-state index in [1.54, 1.807) is 0 Å². The smallest absolute Gasteiger partial charge is 0.308 e. The molecule has 4 aromatic rings. The second-order valence-electron chi connectivity index (χ2n) is 9.14. The molecule has 210 valence electrons. The lowest BCUT2D eigenvalue weighted by atomic mass is 9.92. The highest BCUT2D eigenvalue weighted by atomic mass is 16.5. The first kappa shape index (κ1) is 29.3. The van der Waals surface area contributed by atoms with Gasteiger partial charge in [-0.15, -0.1) is 0 Å². The standard InChI is InChI=1S/C33H24O9/c1-19(34)40-28-10-4-22(5-11-28)31(37)25-16-26(32(38)23-6-12-29(13-7-23)41-20(2)35)18-27(17-25)33(39)24-8-14-30(15-9-24)42-21(3)36/h4-18H,1-3H3. The largest absolute Gasteiger partial charge is 0.427 e. The van der Waals surface area contributed by atoms with Crippen LogP contribution in [0.1, 0.15) is 68.5 Å². The highest BCUT2D eigenvalue weighted by molar-refractivity contribution is 6.17. The lowest BCUT2D eigenvalue weighted by Crippen LogP contribution is -2.11. The molecule has 4 rings (SSSR count).